The molecule has 0 spiro atoms. The first-order valence-corrected chi connectivity index (χ1v) is 6.49. The molecule has 0 saturated heterocycles. The van der Waals surface area contributed by atoms with E-state index < -0.39 is 11.5 Å². The molecule has 0 aromatic rings. The fourth-order valence-electron chi connectivity index (χ4n) is 3.56. The first kappa shape index (κ1) is 12.3. The van der Waals surface area contributed by atoms with E-state index in [4.69, 9.17) is 5.73 Å². The van der Waals surface area contributed by atoms with Crippen LogP contribution < -0.4 is 5.73 Å². The average Bonchev–Trinajstić information content (AvgIpc) is 2.14. The number of hydrogen-bond acceptors (Lipinski definition) is 1. The van der Waals surface area contributed by atoms with Crippen LogP contribution in [0.5, 0.6) is 0 Å². The van der Waals surface area contributed by atoms with Gasteiger partial charge in [-0.25, -0.2) is 8.78 Å². The van der Waals surface area contributed by atoms with Gasteiger partial charge in [-0.05, 0) is 43.4 Å². The molecule has 0 unspecified atom stereocenters. The normalized spacial score (nSPS) is 37.1. The fourth-order valence-corrected chi connectivity index (χ4v) is 3.56. The number of alkyl halides is 2. The first-order chi connectivity index (χ1) is 7.32. The highest BCUT2D eigenvalue weighted by Crippen LogP contribution is 2.52. The summed E-state index contributed by atoms with van der Waals surface area (Å²) in [4.78, 5) is 0. The predicted octanol–water partition coefficient (Wildman–Crippen LogP) is 3.58. The van der Waals surface area contributed by atoms with E-state index in [1.54, 1.807) is 0 Å². The van der Waals surface area contributed by atoms with Gasteiger partial charge in [0.25, 0.3) is 5.92 Å². The first-order valence-electron chi connectivity index (χ1n) is 6.49. The number of rotatable bonds is 2. The minimum Gasteiger partial charge on any atom is -0.324 e. The lowest BCUT2D eigenvalue weighted by Crippen LogP contribution is -2.63. The van der Waals surface area contributed by atoms with Crippen LogP contribution in [0.1, 0.15) is 52.4 Å². The quantitative estimate of drug-likeness (QED) is 0.772. The third-order valence-electron chi connectivity index (χ3n) is 4.70. The highest BCUT2D eigenvalue weighted by molar-refractivity contribution is 5.07. The number of hydrogen-bond donors (Lipinski definition) is 1. The Hall–Kier alpha value is -0.180. The van der Waals surface area contributed by atoms with Crippen molar-refractivity contribution >= 4 is 0 Å². The van der Waals surface area contributed by atoms with Gasteiger partial charge >= 0.3 is 0 Å². The zero-order valence-electron chi connectivity index (χ0n) is 10.3. The fraction of sp³-hybridized carbons (Fsp3) is 1.00. The Labute approximate surface area is 96.8 Å². The highest BCUT2D eigenvalue weighted by atomic mass is 19.3. The lowest BCUT2D eigenvalue weighted by atomic mass is 9.60. The van der Waals surface area contributed by atoms with Gasteiger partial charge in [0.05, 0.1) is 0 Å². The van der Waals surface area contributed by atoms with Crippen LogP contribution in [-0.4, -0.2) is 11.5 Å². The maximum atomic E-state index is 12.9. The Morgan fingerprint density at radius 1 is 1.06 bits per heavy atom. The Kier molecular flexibility index (Phi) is 3.02. The van der Waals surface area contributed by atoms with Crippen molar-refractivity contribution in [1.29, 1.82) is 0 Å². The number of nitrogens with two attached hydrogens (primary N) is 1. The molecule has 3 heteroatoms. The Morgan fingerprint density at radius 3 is 1.94 bits per heavy atom. The molecular weight excluding hydrogens is 208 g/mol. The Bertz CT molecular complexity index is 247. The van der Waals surface area contributed by atoms with E-state index in [9.17, 15) is 8.78 Å². The van der Waals surface area contributed by atoms with E-state index in [1.807, 2.05) is 0 Å². The smallest absolute Gasteiger partial charge is 0.251 e. The van der Waals surface area contributed by atoms with Crippen LogP contribution in [0, 0.1) is 17.8 Å². The molecule has 2 aliphatic carbocycles. The van der Waals surface area contributed by atoms with E-state index in [1.165, 1.54) is 12.8 Å². The molecule has 0 aromatic heterocycles. The molecule has 2 N–H and O–H groups in total. The molecule has 0 aromatic carbocycles. The van der Waals surface area contributed by atoms with Crippen LogP contribution >= 0.6 is 0 Å². The van der Waals surface area contributed by atoms with E-state index in [-0.39, 0.29) is 12.8 Å². The lowest BCUT2D eigenvalue weighted by Gasteiger charge is -2.51. The molecule has 1 nitrogen and oxygen atoms in total. The second-order valence-corrected chi connectivity index (χ2v) is 6.30. The van der Waals surface area contributed by atoms with Crippen molar-refractivity contribution in [2.75, 3.05) is 0 Å². The summed E-state index contributed by atoms with van der Waals surface area (Å²) in [7, 11) is 0. The average molecular weight is 231 g/mol. The summed E-state index contributed by atoms with van der Waals surface area (Å²) in [6.07, 6.45) is 4.28. The van der Waals surface area contributed by atoms with Crippen molar-refractivity contribution in [3.05, 3.63) is 0 Å². The molecule has 0 radical (unpaired) electrons. The van der Waals surface area contributed by atoms with E-state index >= 15 is 0 Å². The summed E-state index contributed by atoms with van der Waals surface area (Å²) in [6.45, 7) is 4.50. The SMILES string of the molecule is CC(C)C1CCC(C2(N)CC(F)(F)C2)CC1. The molecule has 16 heavy (non-hydrogen) atoms. The third kappa shape index (κ3) is 2.24. The van der Waals surface area contributed by atoms with Crippen LogP contribution in [-0.2, 0) is 0 Å². The van der Waals surface area contributed by atoms with Gasteiger partial charge in [0, 0.05) is 18.4 Å². The predicted molar refractivity (Wildman–Crippen MR) is 61.4 cm³/mol. The molecule has 0 aliphatic heterocycles. The molecule has 2 rings (SSSR count). The van der Waals surface area contributed by atoms with Gasteiger partial charge in [0.2, 0.25) is 0 Å². The zero-order valence-corrected chi connectivity index (χ0v) is 10.3. The van der Waals surface area contributed by atoms with Gasteiger partial charge in [-0.2, -0.15) is 0 Å². The molecular formula is C13H23F2N. The van der Waals surface area contributed by atoms with Crippen molar-refractivity contribution < 1.29 is 8.78 Å². The summed E-state index contributed by atoms with van der Waals surface area (Å²) >= 11 is 0. The maximum absolute atomic E-state index is 12.9. The van der Waals surface area contributed by atoms with Gasteiger partial charge < -0.3 is 5.73 Å². The van der Waals surface area contributed by atoms with Gasteiger partial charge in [0.1, 0.15) is 0 Å². The third-order valence-corrected chi connectivity index (χ3v) is 4.70. The van der Waals surface area contributed by atoms with Gasteiger partial charge in [-0.3, -0.25) is 0 Å². The monoisotopic (exact) mass is 231 g/mol. The van der Waals surface area contributed by atoms with Crippen molar-refractivity contribution in [2.45, 2.75) is 63.8 Å². The van der Waals surface area contributed by atoms with Crippen LogP contribution in [0.25, 0.3) is 0 Å². The standard InChI is InChI=1S/C13H23F2N/c1-9(2)10-3-5-11(6-4-10)12(16)7-13(14,15)8-12/h9-11H,3-8,16H2,1-2H3. The minimum absolute atomic E-state index is 0.0863. The zero-order chi connectivity index (χ0) is 12.0. The van der Waals surface area contributed by atoms with Gasteiger partial charge in [-0.15, -0.1) is 0 Å². The van der Waals surface area contributed by atoms with E-state index in [0.29, 0.717) is 5.92 Å². The van der Waals surface area contributed by atoms with Crippen molar-refractivity contribution in [1.82, 2.24) is 0 Å². The van der Waals surface area contributed by atoms with Crippen LogP contribution in [0.15, 0.2) is 0 Å². The van der Waals surface area contributed by atoms with E-state index in [2.05, 4.69) is 13.8 Å². The molecule has 0 heterocycles. The lowest BCUT2D eigenvalue weighted by molar-refractivity contribution is -0.144. The maximum Gasteiger partial charge on any atom is 0.251 e. The summed E-state index contributed by atoms with van der Waals surface area (Å²) in [5.41, 5.74) is 5.54. The van der Waals surface area contributed by atoms with Crippen molar-refractivity contribution in [3.63, 3.8) is 0 Å². The molecule has 2 saturated carbocycles. The number of halogens is 2. The van der Waals surface area contributed by atoms with Gasteiger partial charge in [-0.1, -0.05) is 13.8 Å². The summed E-state index contributed by atoms with van der Waals surface area (Å²) < 4.78 is 25.8. The summed E-state index contributed by atoms with van der Waals surface area (Å²) in [6, 6.07) is 0. The minimum atomic E-state index is -2.48. The highest BCUT2D eigenvalue weighted by Gasteiger charge is 2.57. The molecule has 0 atom stereocenters. The van der Waals surface area contributed by atoms with Crippen molar-refractivity contribution in [2.24, 2.45) is 23.5 Å². The Morgan fingerprint density at radius 2 is 1.56 bits per heavy atom. The van der Waals surface area contributed by atoms with E-state index in [0.717, 1.165) is 24.7 Å². The topological polar surface area (TPSA) is 26.0 Å². The van der Waals surface area contributed by atoms with Crippen LogP contribution in [0.4, 0.5) is 8.78 Å². The van der Waals surface area contributed by atoms with Crippen LogP contribution in [0.3, 0.4) is 0 Å². The Balaban J connectivity index is 1.86. The molecule has 94 valence electrons. The molecule has 2 aliphatic rings. The summed E-state index contributed by atoms with van der Waals surface area (Å²) in [5, 5.41) is 0. The molecule has 2 fully saturated rings. The van der Waals surface area contributed by atoms with Crippen LogP contribution in [0.2, 0.25) is 0 Å². The summed E-state index contributed by atoms with van der Waals surface area (Å²) in [5.74, 6) is -0.649. The second-order valence-electron chi connectivity index (χ2n) is 6.30. The van der Waals surface area contributed by atoms with Crippen molar-refractivity contribution in [3.8, 4) is 0 Å². The molecule has 0 bridgehead atoms. The molecule has 0 amide bonds. The second kappa shape index (κ2) is 3.94. The van der Waals surface area contributed by atoms with Gasteiger partial charge in [0.15, 0.2) is 0 Å². The largest absolute Gasteiger partial charge is 0.324 e.